The largest absolute Gasteiger partial charge is 0.511 e. The molecule has 1 fully saturated rings. The standard InChI is InChI=1S/C24H32ClNO4S.Na/c1-3-5-21(26-29-14-16(2)30-20-9-7-19(25)8-10-20)24-22(27)12-18(13-23(24)28)17-6-4-11-31-15-17;/h7-10,16-18,27H,3-6,11-15H2,1-2H3;. The number of aliphatic hydroxyl groups is 1. The molecule has 0 aromatic heterocycles. The van der Waals surface area contributed by atoms with Crippen molar-refractivity contribution in [1.29, 1.82) is 0 Å². The Morgan fingerprint density at radius 1 is 1.28 bits per heavy atom. The second kappa shape index (κ2) is 13.9. The first kappa shape index (κ1) is 27.6. The van der Waals surface area contributed by atoms with Crippen LogP contribution >= 0.6 is 23.4 Å². The molecular formula is C24H32ClNNaO4S. The maximum atomic E-state index is 12.9. The molecule has 0 saturated carbocycles. The molecule has 5 nitrogen and oxygen atoms in total. The van der Waals surface area contributed by atoms with Crippen LogP contribution < -0.4 is 4.74 Å². The summed E-state index contributed by atoms with van der Waals surface area (Å²) in [5.74, 6) is 3.91. The number of hydrogen-bond donors (Lipinski definition) is 1. The van der Waals surface area contributed by atoms with Crippen molar-refractivity contribution in [3.05, 3.63) is 40.6 Å². The molecule has 32 heavy (non-hydrogen) atoms. The van der Waals surface area contributed by atoms with Crippen LogP contribution in [0.2, 0.25) is 5.02 Å². The van der Waals surface area contributed by atoms with Gasteiger partial charge in [-0.1, -0.05) is 30.1 Å². The molecule has 3 rings (SSSR count). The molecule has 1 aliphatic heterocycles. The van der Waals surface area contributed by atoms with Crippen molar-refractivity contribution in [2.75, 3.05) is 18.1 Å². The zero-order valence-electron chi connectivity index (χ0n) is 19.3. The van der Waals surface area contributed by atoms with E-state index >= 15 is 0 Å². The van der Waals surface area contributed by atoms with E-state index in [0.29, 0.717) is 47.2 Å². The average molecular weight is 489 g/mol. The number of ketones is 1. The molecular weight excluding hydrogens is 457 g/mol. The van der Waals surface area contributed by atoms with Crippen LogP contribution in [0.4, 0.5) is 0 Å². The number of halogens is 1. The molecule has 1 N–H and O–H groups in total. The first-order valence-corrected chi connectivity index (χ1v) is 12.7. The summed E-state index contributed by atoms with van der Waals surface area (Å²) >= 11 is 7.85. The van der Waals surface area contributed by atoms with Gasteiger partial charge in [0.2, 0.25) is 0 Å². The van der Waals surface area contributed by atoms with E-state index in [4.69, 9.17) is 21.2 Å². The Bertz CT molecular complexity index is 809. The SMILES string of the molecule is CCCC(=NOCC(C)Oc1ccc(Cl)cc1)C1=C(O)CC(C2CCCSC2)CC1=O.[Na]. The Morgan fingerprint density at radius 2 is 2.03 bits per heavy atom. The number of rotatable bonds is 9. The summed E-state index contributed by atoms with van der Waals surface area (Å²) in [6.45, 7) is 4.15. The van der Waals surface area contributed by atoms with Crippen LogP contribution in [0.1, 0.15) is 52.4 Å². The van der Waals surface area contributed by atoms with Crippen molar-refractivity contribution in [3.8, 4) is 5.75 Å². The normalized spacial score (nSPS) is 22.8. The van der Waals surface area contributed by atoms with E-state index in [2.05, 4.69) is 5.16 Å². The number of hydrogen-bond acceptors (Lipinski definition) is 6. The second-order valence-electron chi connectivity index (χ2n) is 8.36. The Labute approximate surface area is 222 Å². The van der Waals surface area contributed by atoms with Gasteiger partial charge in [-0.3, -0.25) is 4.79 Å². The summed E-state index contributed by atoms with van der Waals surface area (Å²) in [7, 11) is 0. The van der Waals surface area contributed by atoms with E-state index in [1.54, 1.807) is 24.3 Å². The zero-order chi connectivity index (χ0) is 22.2. The van der Waals surface area contributed by atoms with E-state index in [-0.39, 0.29) is 59.7 Å². The summed E-state index contributed by atoms with van der Waals surface area (Å²) < 4.78 is 5.80. The number of thioether (sulfide) groups is 1. The molecule has 8 heteroatoms. The topological polar surface area (TPSA) is 68.1 Å². The number of oxime groups is 1. The first-order valence-electron chi connectivity index (χ1n) is 11.1. The summed E-state index contributed by atoms with van der Waals surface area (Å²) in [6.07, 6.45) is 4.56. The maximum absolute atomic E-state index is 12.9. The number of allylic oxidation sites excluding steroid dienone is 2. The molecule has 1 aliphatic carbocycles. The molecule has 171 valence electrons. The van der Waals surface area contributed by atoms with Crippen molar-refractivity contribution in [1.82, 2.24) is 0 Å². The van der Waals surface area contributed by atoms with Gasteiger partial charge >= 0.3 is 0 Å². The molecule has 0 amide bonds. The third kappa shape index (κ3) is 7.98. The molecule has 2 aliphatic rings. The van der Waals surface area contributed by atoms with Crippen molar-refractivity contribution >= 4 is 64.4 Å². The van der Waals surface area contributed by atoms with Gasteiger partial charge in [-0.05, 0) is 73.8 Å². The number of aliphatic hydroxyl groups excluding tert-OH is 1. The van der Waals surface area contributed by atoms with Crippen molar-refractivity contribution in [2.24, 2.45) is 17.0 Å². The second-order valence-corrected chi connectivity index (χ2v) is 9.94. The van der Waals surface area contributed by atoms with E-state index in [0.717, 1.165) is 18.6 Å². The van der Waals surface area contributed by atoms with Crippen LogP contribution in [0.25, 0.3) is 0 Å². The monoisotopic (exact) mass is 488 g/mol. The Hall–Kier alpha value is -0.660. The van der Waals surface area contributed by atoms with Gasteiger partial charge in [0, 0.05) is 47.4 Å². The van der Waals surface area contributed by atoms with Gasteiger partial charge in [0.15, 0.2) is 12.4 Å². The number of nitrogens with zero attached hydrogens (tertiary/aromatic N) is 1. The third-order valence-corrected chi connectivity index (χ3v) is 7.24. The maximum Gasteiger partial charge on any atom is 0.168 e. The van der Waals surface area contributed by atoms with Gasteiger partial charge in [-0.15, -0.1) is 0 Å². The molecule has 1 aromatic rings. The van der Waals surface area contributed by atoms with Crippen LogP contribution in [0, 0.1) is 11.8 Å². The molecule has 1 aromatic carbocycles. The van der Waals surface area contributed by atoms with Gasteiger partial charge in [0.05, 0.1) is 11.3 Å². The van der Waals surface area contributed by atoms with Gasteiger partial charge in [0.1, 0.15) is 17.6 Å². The van der Waals surface area contributed by atoms with Gasteiger partial charge in [-0.25, -0.2) is 0 Å². The third-order valence-electron chi connectivity index (χ3n) is 5.74. The fourth-order valence-corrected chi connectivity index (χ4v) is 5.58. The molecule has 3 atom stereocenters. The van der Waals surface area contributed by atoms with Crippen molar-refractivity contribution in [3.63, 3.8) is 0 Å². The quantitative estimate of drug-likeness (QED) is 0.269. The Kier molecular flexibility index (Phi) is 12.0. The predicted molar refractivity (Wildman–Crippen MR) is 133 cm³/mol. The molecule has 3 unspecified atom stereocenters. The van der Waals surface area contributed by atoms with E-state index in [1.165, 1.54) is 12.2 Å². The van der Waals surface area contributed by atoms with Crippen LogP contribution in [-0.4, -0.2) is 70.4 Å². The Morgan fingerprint density at radius 3 is 2.66 bits per heavy atom. The number of benzene rings is 1. The van der Waals surface area contributed by atoms with E-state index in [9.17, 15) is 9.90 Å². The van der Waals surface area contributed by atoms with Crippen molar-refractivity contribution < 1.29 is 19.5 Å². The van der Waals surface area contributed by atoms with E-state index < -0.39 is 0 Å². The van der Waals surface area contributed by atoms with Crippen molar-refractivity contribution in [2.45, 2.75) is 58.5 Å². The fourth-order valence-electron chi connectivity index (χ4n) is 4.17. The minimum Gasteiger partial charge on any atom is -0.511 e. The van der Waals surface area contributed by atoms with E-state index in [1.807, 2.05) is 25.6 Å². The summed E-state index contributed by atoms with van der Waals surface area (Å²) in [4.78, 5) is 18.5. The molecule has 1 saturated heterocycles. The van der Waals surface area contributed by atoms with Crippen LogP contribution in [-0.2, 0) is 9.63 Å². The summed E-state index contributed by atoms with van der Waals surface area (Å²) in [6, 6.07) is 7.14. The predicted octanol–water partition coefficient (Wildman–Crippen LogP) is 5.83. The molecule has 1 radical (unpaired) electrons. The van der Waals surface area contributed by atoms with Gasteiger partial charge in [0.25, 0.3) is 0 Å². The minimum atomic E-state index is -0.231. The summed E-state index contributed by atoms with van der Waals surface area (Å²) in [5.41, 5.74) is 0.910. The van der Waals surface area contributed by atoms with Crippen LogP contribution in [0.15, 0.2) is 40.8 Å². The zero-order valence-corrected chi connectivity index (χ0v) is 22.9. The molecule has 0 bridgehead atoms. The smallest absolute Gasteiger partial charge is 0.168 e. The summed E-state index contributed by atoms with van der Waals surface area (Å²) in [5, 5.41) is 15.6. The number of Topliss-reactive ketones (excluding diaryl/α,β-unsaturated/α-hetero) is 1. The number of carbonyl (C=O) groups excluding carboxylic acids is 1. The Balaban J connectivity index is 0.00000363. The van der Waals surface area contributed by atoms with Crippen LogP contribution in [0.3, 0.4) is 0 Å². The number of carbonyl (C=O) groups is 1. The van der Waals surface area contributed by atoms with Gasteiger partial charge < -0.3 is 14.7 Å². The minimum absolute atomic E-state index is 0. The molecule has 1 heterocycles. The number of ether oxygens (including phenoxy) is 1. The fraction of sp³-hybridized carbons (Fsp3) is 0.583. The molecule has 0 spiro atoms. The van der Waals surface area contributed by atoms with Crippen LogP contribution in [0.5, 0.6) is 5.75 Å². The first-order chi connectivity index (χ1) is 15.0. The van der Waals surface area contributed by atoms with Gasteiger partial charge in [-0.2, -0.15) is 11.8 Å². The average Bonchev–Trinajstić information content (AvgIpc) is 2.75.